The highest BCUT2D eigenvalue weighted by molar-refractivity contribution is 5.95. The molecule has 0 fully saturated rings. The number of amides is 1. The Kier molecular flexibility index (Phi) is 5.85. The molecule has 4 heteroatoms. The molecule has 0 bridgehead atoms. The second kappa shape index (κ2) is 7.86. The number of nitrogens with one attached hydrogen (secondary N) is 1. The van der Waals surface area contributed by atoms with Gasteiger partial charge in [0.05, 0.1) is 20.3 Å². The van der Waals surface area contributed by atoms with Gasteiger partial charge in [-0.25, -0.2) is 0 Å². The number of rotatable bonds is 6. The summed E-state index contributed by atoms with van der Waals surface area (Å²) >= 11 is 0. The van der Waals surface area contributed by atoms with Crippen LogP contribution in [0.25, 0.3) is 0 Å². The van der Waals surface area contributed by atoms with Gasteiger partial charge in [0.15, 0.2) is 11.5 Å². The molecule has 1 N–H and O–H groups in total. The minimum absolute atomic E-state index is 0.0610. The van der Waals surface area contributed by atoms with E-state index in [1.807, 2.05) is 57.2 Å². The second-order valence-electron chi connectivity index (χ2n) is 5.87. The molecule has 2 aromatic rings. The molecule has 0 radical (unpaired) electrons. The average molecular weight is 327 g/mol. The Morgan fingerprint density at radius 3 is 2.33 bits per heavy atom. The van der Waals surface area contributed by atoms with Gasteiger partial charge < -0.3 is 14.8 Å². The Hall–Kier alpha value is -2.49. The lowest BCUT2D eigenvalue weighted by molar-refractivity contribution is 0.0935. The van der Waals surface area contributed by atoms with E-state index in [-0.39, 0.29) is 11.9 Å². The molecule has 2 rings (SSSR count). The Balaban J connectivity index is 2.24. The Labute approximate surface area is 143 Å². The summed E-state index contributed by atoms with van der Waals surface area (Å²) in [7, 11) is 3.22. The lowest BCUT2D eigenvalue weighted by Crippen LogP contribution is -2.28. The summed E-state index contributed by atoms with van der Waals surface area (Å²) in [5, 5.41) is 3.11. The molecule has 0 unspecified atom stereocenters. The number of hydrogen-bond acceptors (Lipinski definition) is 3. The van der Waals surface area contributed by atoms with E-state index in [9.17, 15) is 4.79 Å². The predicted molar refractivity (Wildman–Crippen MR) is 96.0 cm³/mol. The van der Waals surface area contributed by atoms with Gasteiger partial charge in [-0.15, -0.1) is 0 Å². The lowest BCUT2D eigenvalue weighted by atomic mass is 10.0. The molecule has 24 heavy (non-hydrogen) atoms. The number of carbonyl (C=O) groups is 1. The van der Waals surface area contributed by atoms with Crippen LogP contribution in [0.2, 0.25) is 0 Å². The van der Waals surface area contributed by atoms with Gasteiger partial charge in [0.25, 0.3) is 5.91 Å². The fourth-order valence-corrected chi connectivity index (χ4v) is 2.80. The third-order valence-corrected chi connectivity index (χ3v) is 4.15. The summed E-state index contributed by atoms with van der Waals surface area (Å²) < 4.78 is 10.6. The van der Waals surface area contributed by atoms with Gasteiger partial charge in [-0.1, -0.05) is 30.7 Å². The van der Waals surface area contributed by atoms with Crippen LogP contribution in [-0.4, -0.2) is 20.1 Å². The first-order valence-corrected chi connectivity index (χ1v) is 8.10. The van der Waals surface area contributed by atoms with Crippen LogP contribution in [0, 0.1) is 13.8 Å². The molecule has 1 amide bonds. The molecule has 0 aliphatic carbocycles. The zero-order valence-electron chi connectivity index (χ0n) is 15.0. The topological polar surface area (TPSA) is 47.6 Å². The van der Waals surface area contributed by atoms with Crippen LogP contribution >= 0.6 is 0 Å². The maximum atomic E-state index is 12.6. The standard InChI is InChI=1S/C20H25NO3/c1-6-17(15-8-10-18(23-4)19(12-15)24-5)21-20(22)16-9-7-13(2)11-14(16)3/h7-12,17H,6H2,1-5H3,(H,21,22)/t17-/m0/s1. The zero-order chi connectivity index (χ0) is 17.7. The first kappa shape index (κ1) is 17.9. The molecule has 0 aromatic heterocycles. The molecular weight excluding hydrogens is 302 g/mol. The van der Waals surface area contributed by atoms with Gasteiger partial charge in [0.2, 0.25) is 0 Å². The third-order valence-electron chi connectivity index (χ3n) is 4.15. The number of methoxy groups -OCH3 is 2. The van der Waals surface area contributed by atoms with E-state index in [1.54, 1.807) is 14.2 Å². The van der Waals surface area contributed by atoms with Crippen LogP contribution in [0.4, 0.5) is 0 Å². The highest BCUT2D eigenvalue weighted by Gasteiger charge is 2.17. The lowest BCUT2D eigenvalue weighted by Gasteiger charge is -2.20. The highest BCUT2D eigenvalue weighted by atomic mass is 16.5. The first-order chi connectivity index (χ1) is 11.5. The quantitative estimate of drug-likeness (QED) is 0.865. The van der Waals surface area contributed by atoms with Crippen LogP contribution in [0.5, 0.6) is 11.5 Å². The molecule has 0 heterocycles. The zero-order valence-corrected chi connectivity index (χ0v) is 15.0. The van der Waals surface area contributed by atoms with Crippen molar-refractivity contribution in [3.8, 4) is 11.5 Å². The van der Waals surface area contributed by atoms with E-state index in [2.05, 4.69) is 5.32 Å². The van der Waals surface area contributed by atoms with Gasteiger partial charge >= 0.3 is 0 Å². The van der Waals surface area contributed by atoms with Crippen molar-refractivity contribution in [1.82, 2.24) is 5.32 Å². The molecule has 0 spiro atoms. The maximum absolute atomic E-state index is 12.6. The SMILES string of the molecule is CC[C@H](NC(=O)c1ccc(C)cc1C)c1ccc(OC)c(OC)c1. The molecule has 0 aliphatic rings. The van der Waals surface area contributed by atoms with E-state index in [0.717, 1.165) is 23.1 Å². The maximum Gasteiger partial charge on any atom is 0.252 e. The van der Waals surface area contributed by atoms with Gasteiger partial charge in [-0.3, -0.25) is 4.79 Å². The van der Waals surface area contributed by atoms with E-state index in [0.29, 0.717) is 17.1 Å². The Bertz CT molecular complexity index is 725. The molecule has 0 saturated carbocycles. The van der Waals surface area contributed by atoms with Crippen molar-refractivity contribution in [2.24, 2.45) is 0 Å². The predicted octanol–water partition coefficient (Wildman–Crippen LogP) is 4.20. The van der Waals surface area contributed by atoms with Crippen molar-refractivity contribution in [3.63, 3.8) is 0 Å². The van der Waals surface area contributed by atoms with Crippen LogP contribution in [0.15, 0.2) is 36.4 Å². The fourth-order valence-electron chi connectivity index (χ4n) is 2.80. The Morgan fingerprint density at radius 2 is 1.75 bits per heavy atom. The number of hydrogen-bond donors (Lipinski definition) is 1. The van der Waals surface area contributed by atoms with Gasteiger partial charge in [0, 0.05) is 5.56 Å². The Morgan fingerprint density at radius 1 is 1.04 bits per heavy atom. The molecule has 1 atom stereocenters. The van der Waals surface area contributed by atoms with Crippen LogP contribution < -0.4 is 14.8 Å². The number of aryl methyl sites for hydroxylation is 2. The van der Waals surface area contributed by atoms with Crippen molar-refractivity contribution < 1.29 is 14.3 Å². The normalized spacial score (nSPS) is 11.7. The monoisotopic (exact) mass is 327 g/mol. The summed E-state index contributed by atoms with van der Waals surface area (Å²) in [4.78, 5) is 12.6. The summed E-state index contributed by atoms with van der Waals surface area (Å²) in [6, 6.07) is 11.5. The first-order valence-electron chi connectivity index (χ1n) is 8.10. The molecule has 0 aliphatic heterocycles. The van der Waals surface area contributed by atoms with E-state index >= 15 is 0 Å². The average Bonchev–Trinajstić information content (AvgIpc) is 2.58. The van der Waals surface area contributed by atoms with Crippen molar-refractivity contribution in [2.75, 3.05) is 14.2 Å². The van der Waals surface area contributed by atoms with Crippen LogP contribution in [-0.2, 0) is 0 Å². The minimum Gasteiger partial charge on any atom is -0.493 e. The van der Waals surface area contributed by atoms with Gasteiger partial charge in [-0.05, 0) is 49.6 Å². The van der Waals surface area contributed by atoms with Crippen molar-refractivity contribution >= 4 is 5.91 Å². The van der Waals surface area contributed by atoms with E-state index in [4.69, 9.17) is 9.47 Å². The van der Waals surface area contributed by atoms with Crippen molar-refractivity contribution in [2.45, 2.75) is 33.2 Å². The number of ether oxygens (including phenoxy) is 2. The summed E-state index contributed by atoms with van der Waals surface area (Å²) in [5.41, 5.74) is 3.83. The molecule has 2 aromatic carbocycles. The van der Waals surface area contributed by atoms with Crippen molar-refractivity contribution in [3.05, 3.63) is 58.7 Å². The highest BCUT2D eigenvalue weighted by Crippen LogP contribution is 2.31. The molecule has 4 nitrogen and oxygen atoms in total. The van der Waals surface area contributed by atoms with Crippen molar-refractivity contribution in [1.29, 1.82) is 0 Å². The molecule has 0 saturated heterocycles. The minimum atomic E-state index is -0.0852. The van der Waals surface area contributed by atoms with Gasteiger partial charge in [0.1, 0.15) is 0 Å². The largest absolute Gasteiger partial charge is 0.493 e. The number of benzene rings is 2. The van der Waals surface area contributed by atoms with E-state index in [1.165, 1.54) is 0 Å². The summed E-state index contributed by atoms with van der Waals surface area (Å²) in [6.07, 6.45) is 0.784. The molecule has 128 valence electrons. The van der Waals surface area contributed by atoms with Crippen LogP contribution in [0.1, 0.15) is 46.4 Å². The third kappa shape index (κ3) is 3.88. The molecular formula is C20H25NO3. The van der Waals surface area contributed by atoms with Crippen LogP contribution in [0.3, 0.4) is 0 Å². The number of carbonyl (C=O) groups excluding carboxylic acids is 1. The van der Waals surface area contributed by atoms with E-state index < -0.39 is 0 Å². The fraction of sp³-hybridized carbons (Fsp3) is 0.350. The summed E-state index contributed by atoms with van der Waals surface area (Å²) in [6.45, 7) is 6.02. The second-order valence-corrected chi connectivity index (χ2v) is 5.87. The van der Waals surface area contributed by atoms with Gasteiger partial charge in [-0.2, -0.15) is 0 Å². The summed E-state index contributed by atoms with van der Waals surface area (Å²) in [5.74, 6) is 1.28. The smallest absolute Gasteiger partial charge is 0.252 e.